The topological polar surface area (TPSA) is 61.3 Å². The van der Waals surface area contributed by atoms with Crippen molar-refractivity contribution in [3.8, 4) is 0 Å². The Morgan fingerprint density at radius 3 is 2.40 bits per heavy atom. The summed E-state index contributed by atoms with van der Waals surface area (Å²) in [4.78, 5) is 2.66. The molecule has 0 amide bonds. The third kappa shape index (κ3) is 1.40. The lowest BCUT2D eigenvalue weighted by atomic mass is 9.92. The maximum absolute atomic E-state index is 8.04. The third-order valence-electron chi connectivity index (χ3n) is 1.49. The minimum absolute atomic E-state index is 0.0961. The van der Waals surface area contributed by atoms with Gasteiger partial charge in [0.1, 0.15) is 0 Å². The molecule has 1 fully saturated rings. The van der Waals surface area contributed by atoms with Crippen LogP contribution in [0, 0.1) is 5.41 Å². The largest absolute Gasteiger partial charge is 0.363 e. The zero-order chi connectivity index (χ0) is 7.78. The van der Waals surface area contributed by atoms with Gasteiger partial charge in [-0.3, -0.25) is 0 Å². The summed E-state index contributed by atoms with van der Waals surface area (Å²) in [6.07, 6.45) is -0.103. The number of ether oxygens (including phenoxy) is 1. The summed E-state index contributed by atoms with van der Waals surface area (Å²) in [5.41, 5.74) is 8.13. The van der Waals surface area contributed by atoms with Crippen LogP contribution in [0.5, 0.6) is 0 Å². The average molecular weight is 141 g/mol. The van der Waals surface area contributed by atoms with Gasteiger partial charge in [0.15, 0.2) is 6.23 Å². The van der Waals surface area contributed by atoms with Gasteiger partial charge in [0.25, 0.3) is 0 Å². The van der Waals surface area contributed by atoms with Crippen molar-refractivity contribution in [2.75, 3.05) is 0 Å². The van der Waals surface area contributed by atoms with E-state index >= 15 is 0 Å². The Kier molecular flexibility index (Phi) is 1.58. The van der Waals surface area contributed by atoms with E-state index in [2.05, 4.69) is 30.8 Å². The molecular formula is C6H11N3O. The van der Waals surface area contributed by atoms with Crippen molar-refractivity contribution >= 4 is 0 Å². The van der Waals surface area contributed by atoms with E-state index in [0.717, 1.165) is 0 Å². The summed E-state index contributed by atoms with van der Waals surface area (Å²) in [5, 5.41) is 3.44. The first kappa shape index (κ1) is 7.38. The molecule has 1 rings (SSSR count). The van der Waals surface area contributed by atoms with E-state index in [0.29, 0.717) is 0 Å². The van der Waals surface area contributed by atoms with E-state index in [9.17, 15) is 0 Å². The van der Waals surface area contributed by atoms with Crippen molar-refractivity contribution in [1.29, 1.82) is 0 Å². The van der Waals surface area contributed by atoms with Gasteiger partial charge in [-0.05, 0) is 10.9 Å². The summed E-state index contributed by atoms with van der Waals surface area (Å²) < 4.78 is 5.10. The quantitative estimate of drug-likeness (QED) is 0.238. The fourth-order valence-electron chi connectivity index (χ4n) is 0.875. The first-order valence-corrected chi connectivity index (χ1v) is 3.25. The molecule has 1 aliphatic rings. The lowest BCUT2D eigenvalue weighted by Crippen LogP contribution is -2.15. The van der Waals surface area contributed by atoms with Crippen molar-refractivity contribution in [2.24, 2.45) is 10.5 Å². The van der Waals surface area contributed by atoms with E-state index < -0.39 is 0 Å². The number of epoxide rings is 1. The summed E-state index contributed by atoms with van der Waals surface area (Å²) >= 11 is 0. The Balaban J connectivity index is 2.46. The maximum Gasteiger partial charge on any atom is 0.163 e. The Morgan fingerprint density at radius 1 is 1.50 bits per heavy atom. The molecule has 0 aromatic rings. The number of hydrogen-bond acceptors (Lipinski definition) is 2. The first-order chi connectivity index (χ1) is 4.55. The molecule has 0 saturated carbocycles. The van der Waals surface area contributed by atoms with E-state index in [1.807, 2.05) is 0 Å². The average Bonchev–Trinajstić information content (AvgIpc) is 2.44. The summed E-state index contributed by atoms with van der Waals surface area (Å²) in [5.74, 6) is 0. The lowest BCUT2D eigenvalue weighted by molar-refractivity contribution is 0.261. The molecule has 2 unspecified atom stereocenters. The summed E-state index contributed by atoms with van der Waals surface area (Å²) in [6, 6.07) is 0. The van der Waals surface area contributed by atoms with Gasteiger partial charge in [0, 0.05) is 4.91 Å². The molecule has 0 spiro atoms. The minimum Gasteiger partial charge on any atom is -0.363 e. The number of hydrogen-bond donors (Lipinski definition) is 0. The predicted octanol–water partition coefficient (Wildman–Crippen LogP) is 2.07. The minimum atomic E-state index is -0.218. The van der Waals surface area contributed by atoms with Gasteiger partial charge in [-0.15, -0.1) is 0 Å². The Labute approximate surface area is 59.8 Å². The number of azide groups is 1. The van der Waals surface area contributed by atoms with Gasteiger partial charge in [0.2, 0.25) is 0 Å². The molecule has 0 aliphatic carbocycles. The van der Waals surface area contributed by atoms with Crippen molar-refractivity contribution in [2.45, 2.75) is 33.1 Å². The Bertz CT molecular complexity index is 178. The molecule has 4 heteroatoms. The second-order valence-corrected chi connectivity index (χ2v) is 3.52. The van der Waals surface area contributed by atoms with Gasteiger partial charge < -0.3 is 4.74 Å². The molecule has 0 aromatic heterocycles. The molecule has 2 atom stereocenters. The highest BCUT2D eigenvalue weighted by Gasteiger charge is 2.46. The fraction of sp³-hybridized carbons (Fsp3) is 1.00. The van der Waals surface area contributed by atoms with Crippen LogP contribution in [0.15, 0.2) is 5.11 Å². The smallest absolute Gasteiger partial charge is 0.163 e. The lowest BCUT2D eigenvalue weighted by Gasteiger charge is -2.13. The van der Waals surface area contributed by atoms with Crippen molar-refractivity contribution in [3.63, 3.8) is 0 Å². The van der Waals surface area contributed by atoms with E-state index in [-0.39, 0.29) is 17.7 Å². The highest BCUT2D eigenvalue weighted by molar-refractivity contribution is 4.92. The van der Waals surface area contributed by atoms with Crippen molar-refractivity contribution in [1.82, 2.24) is 0 Å². The molecule has 0 bridgehead atoms. The molecule has 1 aliphatic heterocycles. The number of rotatable bonds is 1. The molecule has 1 heterocycles. The number of nitrogens with zero attached hydrogens (tertiary/aromatic N) is 3. The van der Waals surface area contributed by atoms with Crippen LogP contribution in [0.2, 0.25) is 0 Å². The Morgan fingerprint density at radius 2 is 2.10 bits per heavy atom. The van der Waals surface area contributed by atoms with Crippen LogP contribution in [0.25, 0.3) is 10.4 Å². The van der Waals surface area contributed by atoms with Crippen LogP contribution in [0.4, 0.5) is 0 Å². The van der Waals surface area contributed by atoms with Crippen LogP contribution in [0.1, 0.15) is 20.8 Å². The van der Waals surface area contributed by atoms with Crippen LogP contribution >= 0.6 is 0 Å². The monoisotopic (exact) mass is 141 g/mol. The van der Waals surface area contributed by atoms with Gasteiger partial charge in [0.05, 0.1) is 6.10 Å². The molecule has 0 radical (unpaired) electrons. The molecule has 10 heavy (non-hydrogen) atoms. The van der Waals surface area contributed by atoms with Gasteiger partial charge >= 0.3 is 0 Å². The zero-order valence-corrected chi connectivity index (χ0v) is 6.40. The molecule has 0 aromatic carbocycles. The van der Waals surface area contributed by atoms with Crippen molar-refractivity contribution < 1.29 is 4.74 Å². The van der Waals surface area contributed by atoms with Crippen LogP contribution < -0.4 is 0 Å². The van der Waals surface area contributed by atoms with Gasteiger partial charge in [-0.1, -0.05) is 25.9 Å². The summed E-state index contributed by atoms with van der Waals surface area (Å²) in [7, 11) is 0. The first-order valence-electron chi connectivity index (χ1n) is 3.25. The molecule has 56 valence electrons. The van der Waals surface area contributed by atoms with Gasteiger partial charge in [-0.2, -0.15) is 0 Å². The Hall–Kier alpha value is -0.730. The standard InChI is InChI=1S/C6H11N3O/c1-6(2,3)4-5(10-4)8-9-7/h4-5H,1-3H3. The van der Waals surface area contributed by atoms with Crippen molar-refractivity contribution in [3.05, 3.63) is 10.4 Å². The van der Waals surface area contributed by atoms with E-state index in [1.165, 1.54) is 0 Å². The second kappa shape index (κ2) is 2.15. The van der Waals surface area contributed by atoms with Crippen LogP contribution in [-0.4, -0.2) is 12.3 Å². The summed E-state index contributed by atoms with van der Waals surface area (Å²) in [6.45, 7) is 6.18. The highest BCUT2D eigenvalue weighted by Crippen LogP contribution is 2.38. The highest BCUT2D eigenvalue weighted by atomic mass is 16.6. The predicted molar refractivity (Wildman–Crippen MR) is 37.3 cm³/mol. The zero-order valence-electron chi connectivity index (χ0n) is 6.40. The SMILES string of the molecule is CC(C)(C)C1OC1N=[N+]=[N-]. The molecule has 1 saturated heterocycles. The fourth-order valence-corrected chi connectivity index (χ4v) is 0.875. The molecular weight excluding hydrogens is 130 g/mol. The van der Waals surface area contributed by atoms with E-state index in [1.54, 1.807) is 0 Å². The van der Waals surface area contributed by atoms with Gasteiger partial charge in [-0.25, -0.2) is 0 Å². The van der Waals surface area contributed by atoms with Crippen LogP contribution in [-0.2, 0) is 4.74 Å². The second-order valence-electron chi connectivity index (χ2n) is 3.52. The maximum atomic E-state index is 8.04. The van der Waals surface area contributed by atoms with E-state index in [4.69, 9.17) is 10.3 Å². The normalized spacial score (nSPS) is 31.1. The van der Waals surface area contributed by atoms with Crippen LogP contribution in [0.3, 0.4) is 0 Å². The molecule has 4 nitrogen and oxygen atoms in total. The third-order valence-corrected chi connectivity index (χ3v) is 1.49. The molecule has 0 N–H and O–H groups in total.